The van der Waals surface area contributed by atoms with Crippen molar-refractivity contribution in [3.8, 4) is 0 Å². The zero-order valence-electron chi connectivity index (χ0n) is 9.26. The molecule has 0 heterocycles. The van der Waals surface area contributed by atoms with Crippen LogP contribution in [-0.4, -0.2) is 4.92 Å². The van der Waals surface area contributed by atoms with Crippen molar-refractivity contribution in [2.24, 2.45) is 0 Å². The molecule has 0 saturated heterocycles. The summed E-state index contributed by atoms with van der Waals surface area (Å²) in [5.41, 5.74) is 1.41. The Bertz CT molecular complexity index is 555. The first-order valence-corrected chi connectivity index (χ1v) is 7.27. The Labute approximate surface area is 110 Å². The average molecular weight is 340 g/mol. The van der Waals surface area contributed by atoms with Gasteiger partial charge in [-0.05, 0) is 0 Å². The van der Waals surface area contributed by atoms with Gasteiger partial charge in [-0.15, -0.1) is 0 Å². The second kappa shape index (κ2) is 5.27. The summed E-state index contributed by atoms with van der Waals surface area (Å²) in [5, 5.41) is 10.7. The van der Waals surface area contributed by atoms with E-state index in [0.717, 1.165) is 3.57 Å². The first-order chi connectivity index (χ1) is 8.15. The van der Waals surface area contributed by atoms with Crippen LogP contribution in [0.3, 0.4) is 0 Å². The predicted molar refractivity (Wildman–Crippen MR) is 61.7 cm³/mol. The third kappa shape index (κ3) is 3.26. The molecule has 0 atom stereocenters. The molecule has 17 heavy (non-hydrogen) atoms. The summed E-state index contributed by atoms with van der Waals surface area (Å²) < 4.78 is 2.35. The molecule has 0 aliphatic rings. The topological polar surface area (TPSA) is 43.1 Å². The third-order valence-corrected chi connectivity index (χ3v) is 4.80. The van der Waals surface area contributed by atoms with Crippen LogP contribution in [0.4, 0.5) is 5.69 Å². The molecule has 0 aromatic heterocycles. The third-order valence-electron chi connectivity index (χ3n) is 2.22. The molecule has 0 N–H and O–H groups in total. The number of nitrogens with zero attached hydrogens (tertiary/aromatic N) is 1. The summed E-state index contributed by atoms with van der Waals surface area (Å²) >= 11 is -0.335. The van der Waals surface area contributed by atoms with E-state index in [1.54, 1.807) is 12.1 Å². The molecular weight excluding hydrogens is 329 g/mol. The number of nitro groups is 1. The maximum absolute atomic E-state index is 10.7. The zero-order valence-corrected chi connectivity index (χ0v) is 11.4. The second-order valence-corrected chi connectivity index (χ2v) is 6.66. The number of non-ortho nitro benzene ring substituents is 1. The van der Waals surface area contributed by atoms with Crippen LogP contribution < -0.4 is 21.2 Å². The van der Waals surface area contributed by atoms with Crippen LogP contribution in [0.1, 0.15) is 5.56 Å². The van der Waals surface area contributed by atoms with E-state index in [4.69, 9.17) is 0 Å². The molecule has 88 valence electrons. The van der Waals surface area contributed by atoms with Gasteiger partial charge in [0.05, 0.1) is 0 Å². The molecule has 4 heteroatoms. The molecule has 0 fully saturated rings. The van der Waals surface area contributed by atoms with E-state index in [9.17, 15) is 10.1 Å². The monoisotopic (exact) mass is 340 g/mol. The van der Waals surface area contributed by atoms with Gasteiger partial charge in [0.1, 0.15) is 0 Å². The van der Waals surface area contributed by atoms with Gasteiger partial charge in [-0.2, -0.15) is 0 Å². The van der Waals surface area contributed by atoms with Gasteiger partial charge in [0.15, 0.2) is 0 Å². The molecule has 0 aliphatic carbocycles. The van der Waals surface area contributed by atoms with Crippen LogP contribution in [0.15, 0.2) is 48.5 Å². The molecule has 0 spiro atoms. The number of aryl methyl sites for hydroxylation is 1. The molecule has 2 aromatic carbocycles. The molecule has 0 unspecified atom stereocenters. The van der Waals surface area contributed by atoms with E-state index in [-0.39, 0.29) is 31.8 Å². The van der Waals surface area contributed by atoms with Crippen LogP contribution in [0.5, 0.6) is 0 Å². The quantitative estimate of drug-likeness (QED) is 0.450. The van der Waals surface area contributed by atoms with Crippen molar-refractivity contribution < 1.29 is 26.1 Å². The summed E-state index contributed by atoms with van der Waals surface area (Å²) in [6.07, 6.45) is 0. The molecular formula is C13H11INO2-. The van der Waals surface area contributed by atoms with E-state index >= 15 is 0 Å². The van der Waals surface area contributed by atoms with Gasteiger partial charge in [0, 0.05) is 0 Å². The molecule has 0 saturated carbocycles. The Morgan fingerprint density at radius 3 is 2.35 bits per heavy atom. The van der Waals surface area contributed by atoms with E-state index < -0.39 is 0 Å². The van der Waals surface area contributed by atoms with E-state index in [2.05, 4.69) is 25.1 Å². The number of rotatable bonds is 3. The number of halogens is 1. The predicted octanol–water partition coefficient (Wildman–Crippen LogP) is 0.0316. The number of benzene rings is 2. The van der Waals surface area contributed by atoms with Gasteiger partial charge in [-0.1, -0.05) is 0 Å². The first kappa shape index (κ1) is 12.0. The van der Waals surface area contributed by atoms with E-state index in [1.165, 1.54) is 15.2 Å². The number of hydrogen-bond acceptors (Lipinski definition) is 2. The van der Waals surface area contributed by atoms with Crippen molar-refractivity contribution in [3.05, 3.63) is 71.3 Å². The summed E-state index contributed by atoms with van der Waals surface area (Å²) in [6, 6.07) is 15.2. The first-order valence-electron chi connectivity index (χ1n) is 5.11. The van der Waals surface area contributed by atoms with Gasteiger partial charge in [0.25, 0.3) is 0 Å². The zero-order chi connectivity index (χ0) is 12.3. The van der Waals surface area contributed by atoms with E-state index in [0.29, 0.717) is 0 Å². The summed E-state index contributed by atoms with van der Waals surface area (Å²) in [6.45, 7) is 2.06. The van der Waals surface area contributed by atoms with Crippen molar-refractivity contribution >= 4 is 5.69 Å². The van der Waals surface area contributed by atoms with Crippen LogP contribution in [-0.2, 0) is 0 Å². The Balaban J connectivity index is 2.24. The molecule has 3 nitrogen and oxygen atoms in total. The van der Waals surface area contributed by atoms with Gasteiger partial charge < -0.3 is 0 Å². The van der Waals surface area contributed by atoms with Crippen molar-refractivity contribution in [1.29, 1.82) is 0 Å². The number of nitro benzene ring substituents is 1. The minimum absolute atomic E-state index is 0.176. The van der Waals surface area contributed by atoms with Crippen LogP contribution in [0, 0.1) is 24.2 Å². The van der Waals surface area contributed by atoms with Gasteiger partial charge in [0.2, 0.25) is 0 Å². The minimum atomic E-state index is -0.344. The summed E-state index contributed by atoms with van der Waals surface area (Å²) in [7, 11) is 0. The fourth-order valence-corrected chi connectivity index (χ4v) is 4.05. The van der Waals surface area contributed by atoms with E-state index in [1.807, 2.05) is 12.1 Å². The van der Waals surface area contributed by atoms with Crippen LogP contribution in [0.25, 0.3) is 0 Å². The molecule has 2 rings (SSSR count). The SMILES string of the molecule is Cc1cccc([I-]c2cccc([N+](=O)[O-])c2)c1. The van der Waals surface area contributed by atoms with Crippen LogP contribution in [0.2, 0.25) is 0 Å². The van der Waals surface area contributed by atoms with Gasteiger partial charge in [-0.25, -0.2) is 0 Å². The van der Waals surface area contributed by atoms with Gasteiger partial charge >= 0.3 is 110 Å². The molecule has 0 bridgehead atoms. The normalized spacial score (nSPS) is 10.4. The molecule has 2 aromatic rings. The Morgan fingerprint density at radius 2 is 1.71 bits per heavy atom. The van der Waals surface area contributed by atoms with Crippen molar-refractivity contribution in [1.82, 2.24) is 0 Å². The Morgan fingerprint density at radius 1 is 1.06 bits per heavy atom. The van der Waals surface area contributed by atoms with Crippen molar-refractivity contribution in [2.75, 3.05) is 0 Å². The molecule has 0 radical (unpaired) electrons. The molecule has 0 aliphatic heterocycles. The second-order valence-electron chi connectivity index (χ2n) is 3.63. The standard InChI is InChI=1S/C13H11INO2/c1-10-4-2-5-11(8-10)14-12-6-3-7-13(9-12)15(16)17/h2-9H,1H3/q-1. The van der Waals surface area contributed by atoms with Crippen molar-refractivity contribution in [2.45, 2.75) is 6.92 Å². The average Bonchev–Trinajstić information content (AvgIpc) is 2.29. The van der Waals surface area contributed by atoms with Crippen LogP contribution >= 0.6 is 0 Å². The summed E-state index contributed by atoms with van der Waals surface area (Å²) in [4.78, 5) is 10.3. The summed E-state index contributed by atoms with van der Waals surface area (Å²) in [5.74, 6) is 0. The fraction of sp³-hybridized carbons (Fsp3) is 0.0769. The van der Waals surface area contributed by atoms with Crippen molar-refractivity contribution in [3.63, 3.8) is 0 Å². The molecule has 0 amide bonds. The Kier molecular flexibility index (Phi) is 3.73. The number of hydrogen-bond donors (Lipinski definition) is 0. The van der Waals surface area contributed by atoms with Gasteiger partial charge in [-0.3, -0.25) is 0 Å². The maximum atomic E-state index is 10.7. The Hall–Kier alpha value is -1.43. The fourth-order valence-electron chi connectivity index (χ4n) is 1.44.